The highest BCUT2D eigenvalue weighted by Gasteiger charge is 2.12. The van der Waals surface area contributed by atoms with Gasteiger partial charge in [-0.3, -0.25) is 14.9 Å². The molecule has 0 aliphatic carbocycles. The second-order valence-corrected chi connectivity index (χ2v) is 5.94. The molecule has 3 aromatic rings. The molecule has 0 atom stereocenters. The van der Waals surface area contributed by atoms with Crippen molar-refractivity contribution < 1.29 is 19.0 Å². The van der Waals surface area contributed by atoms with E-state index in [0.29, 0.717) is 18.8 Å². The molecule has 0 fully saturated rings. The van der Waals surface area contributed by atoms with Gasteiger partial charge in [0.25, 0.3) is 5.69 Å². The number of carbonyl (C=O) groups is 1. The lowest BCUT2D eigenvalue weighted by atomic mass is 10.1. The molecule has 2 aromatic carbocycles. The molecule has 1 heterocycles. The van der Waals surface area contributed by atoms with Crippen molar-refractivity contribution in [3.05, 3.63) is 70.1 Å². The van der Waals surface area contributed by atoms with Gasteiger partial charge in [0.05, 0.1) is 12.0 Å². The van der Waals surface area contributed by atoms with Crippen LogP contribution in [-0.4, -0.2) is 34.6 Å². The van der Waals surface area contributed by atoms with Crippen LogP contribution >= 0.6 is 0 Å². The van der Waals surface area contributed by atoms with E-state index >= 15 is 0 Å². The highest BCUT2D eigenvalue weighted by atomic mass is 16.6. The maximum absolute atomic E-state index is 12.0. The van der Waals surface area contributed by atoms with Gasteiger partial charge < -0.3 is 14.6 Å². The molecule has 1 amide bonds. The first-order valence-electron chi connectivity index (χ1n) is 8.52. The van der Waals surface area contributed by atoms with Gasteiger partial charge in [-0.05, 0) is 36.2 Å². The predicted octanol–water partition coefficient (Wildman–Crippen LogP) is 2.55. The van der Waals surface area contributed by atoms with Gasteiger partial charge in [0.15, 0.2) is 0 Å². The minimum absolute atomic E-state index is 0.0244. The Hall–Kier alpha value is -3.75. The molecule has 9 heteroatoms. The van der Waals surface area contributed by atoms with Crippen molar-refractivity contribution in [3.63, 3.8) is 0 Å². The lowest BCUT2D eigenvalue weighted by molar-refractivity contribution is -0.384. The molecular formula is C19H18N4O5. The number of nitrogens with one attached hydrogen (secondary N) is 1. The van der Waals surface area contributed by atoms with E-state index in [1.807, 2.05) is 0 Å². The molecular weight excluding hydrogens is 364 g/mol. The fourth-order valence-electron chi connectivity index (χ4n) is 2.51. The van der Waals surface area contributed by atoms with E-state index in [1.165, 1.54) is 12.1 Å². The molecule has 0 radical (unpaired) electrons. The molecule has 28 heavy (non-hydrogen) atoms. The van der Waals surface area contributed by atoms with Crippen molar-refractivity contribution in [2.24, 2.45) is 0 Å². The third-order valence-electron chi connectivity index (χ3n) is 4.01. The second kappa shape index (κ2) is 8.76. The monoisotopic (exact) mass is 382 g/mol. The molecule has 0 spiro atoms. The molecule has 3 rings (SSSR count). The summed E-state index contributed by atoms with van der Waals surface area (Å²) in [6.45, 7) is 0.399. The Kier molecular flexibility index (Phi) is 5.95. The molecule has 144 valence electrons. The van der Waals surface area contributed by atoms with E-state index in [-0.39, 0.29) is 23.9 Å². The summed E-state index contributed by atoms with van der Waals surface area (Å²) in [6, 6.07) is 13.4. The van der Waals surface area contributed by atoms with Crippen LogP contribution in [0.2, 0.25) is 0 Å². The number of methoxy groups -OCH3 is 1. The standard InChI is InChI=1S/C19H18N4O5/c1-27-16-8-4-14(5-9-16)19-21-18(28-22-19)12-17(24)20-11-10-13-2-6-15(7-3-13)23(25)26/h2-9H,10-12H2,1H3,(H,20,24). The maximum atomic E-state index is 12.0. The summed E-state index contributed by atoms with van der Waals surface area (Å²) in [5, 5.41) is 17.3. The van der Waals surface area contributed by atoms with E-state index in [1.54, 1.807) is 43.5 Å². The van der Waals surface area contributed by atoms with E-state index in [2.05, 4.69) is 15.5 Å². The van der Waals surface area contributed by atoms with Crippen molar-refractivity contribution in [2.45, 2.75) is 12.8 Å². The van der Waals surface area contributed by atoms with Crippen LogP contribution in [0.25, 0.3) is 11.4 Å². The van der Waals surface area contributed by atoms with Gasteiger partial charge in [-0.1, -0.05) is 17.3 Å². The van der Waals surface area contributed by atoms with Gasteiger partial charge in [-0.25, -0.2) is 0 Å². The highest BCUT2D eigenvalue weighted by Crippen LogP contribution is 2.19. The second-order valence-electron chi connectivity index (χ2n) is 5.94. The van der Waals surface area contributed by atoms with Crippen LogP contribution in [0, 0.1) is 10.1 Å². The van der Waals surface area contributed by atoms with Crippen LogP contribution in [-0.2, 0) is 17.6 Å². The third kappa shape index (κ3) is 4.91. The smallest absolute Gasteiger partial charge is 0.269 e. The average Bonchev–Trinajstić information content (AvgIpc) is 3.17. The zero-order valence-electron chi connectivity index (χ0n) is 15.1. The molecule has 1 aromatic heterocycles. The number of benzene rings is 2. The van der Waals surface area contributed by atoms with Gasteiger partial charge in [-0.15, -0.1) is 0 Å². The number of hydrogen-bond donors (Lipinski definition) is 1. The Balaban J connectivity index is 1.48. The predicted molar refractivity (Wildman–Crippen MR) is 99.8 cm³/mol. The number of nitro benzene ring substituents is 1. The first kappa shape index (κ1) is 19.0. The molecule has 0 saturated carbocycles. The van der Waals surface area contributed by atoms with Crippen LogP contribution in [0.4, 0.5) is 5.69 Å². The Bertz CT molecular complexity index is 951. The van der Waals surface area contributed by atoms with Crippen LogP contribution in [0.15, 0.2) is 53.1 Å². The highest BCUT2D eigenvalue weighted by molar-refractivity contribution is 5.77. The Labute approximate surface area is 160 Å². The molecule has 0 aliphatic heterocycles. The summed E-state index contributed by atoms with van der Waals surface area (Å²) in [5.41, 5.74) is 1.69. The lowest BCUT2D eigenvalue weighted by Gasteiger charge is -2.03. The van der Waals surface area contributed by atoms with Crippen LogP contribution in [0.3, 0.4) is 0 Å². The minimum atomic E-state index is -0.448. The first-order chi connectivity index (χ1) is 13.5. The molecule has 1 N–H and O–H groups in total. The van der Waals surface area contributed by atoms with Crippen LogP contribution in [0.1, 0.15) is 11.5 Å². The van der Waals surface area contributed by atoms with Crippen molar-refractivity contribution in [2.75, 3.05) is 13.7 Å². The van der Waals surface area contributed by atoms with Crippen LogP contribution in [0.5, 0.6) is 5.75 Å². The van der Waals surface area contributed by atoms with Crippen molar-refractivity contribution in [1.82, 2.24) is 15.5 Å². The molecule has 0 bridgehead atoms. The summed E-state index contributed by atoms with van der Waals surface area (Å²) in [5.74, 6) is 1.10. The van der Waals surface area contributed by atoms with Crippen LogP contribution < -0.4 is 10.1 Å². The number of rotatable bonds is 8. The quantitative estimate of drug-likeness (QED) is 0.469. The normalized spacial score (nSPS) is 10.5. The third-order valence-corrected chi connectivity index (χ3v) is 4.01. The maximum Gasteiger partial charge on any atom is 0.269 e. The van der Waals surface area contributed by atoms with Gasteiger partial charge in [0.2, 0.25) is 17.6 Å². The Morgan fingerprint density at radius 1 is 1.18 bits per heavy atom. The van der Waals surface area contributed by atoms with E-state index in [4.69, 9.17) is 9.26 Å². The fourth-order valence-corrected chi connectivity index (χ4v) is 2.51. The summed E-state index contributed by atoms with van der Waals surface area (Å²) in [7, 11) is 1.59. The van der Waals surface area contributed by atoms with Crippen molar-refractivity contribution in [1.29, 1.82) is 0 Å². The number of non-ortho nitro benzene ring substituents is 1. The number of hydrogen-bond acceptors (Lipinski definition) is 7. The van der Waals surface area contributed by atoms with E-state index in [0.717, 1.165) is 16.9 Å². The zero-order valence-corrected chi connectivity index (χ0v) is 15.1. The summed E-state index contributed by atoms with van der Waals surface area (Å²) in [4.78, 5) is 26.4. The van der Waals surface area contributed by atoms with Crippen molar-refractivity contribution in [3.8, 4) is 17.1 Å². The number of ether oxygens (including phenoxy) is 1. The summed E-state index contributed by atoms with van der Waals surface area (Å²) >= 11 is 0. The summed E-state index contributed by atoms with van der Waals surface area (Å²) in [6.07, 6.45) is 0.536. The van der Waals surface area contributed by atoms with E-state index in [9.17, 15) is 14.9 Å². The first-order valence-corrected chi connectivity index (χ1v) is 8.52. The Morgan fingerprint density at radius 3 is 2.54 bits per heavy atom. The number of carbonyl (C=O) groups excluding carboxylic acids is 1. The Morgan fingerprint density at radius 2 is 1.89 bits per heavy atom. The fraction of sp³-hybridized carbons (Fsp3) is 0.211. The number of amides is 1. The average molecular weight is 382 g/mol. The van der Waals surface area contributed by atoms with Gasteiger partial charge in [0, 0.05) is 24.2 Å². The van der Waals surface area contributed by atoms with E-state index < -0.39 is 4.92 Å². The molecule has 9 nitrogen and oxygen atoms in total. The van der Waals surface area contributed by atoms with Gasteiger partial charge in [-0.2, -0.15) is 4.98 Å². The number of nitro groups is 1. The minimum Gasteiger partial charge on any atom is -0.497 e. The largest absolute Gasteiger partial charge is 0.497 e. The molecule has 0 saturated heterocycles. The number of nitrogens with zero attached hydrogens (tertiary/aromatic N) is 3. The SMILES string of the molecule is COc1ccc(-c2noc(CC(=O)NCCc3ccc([N+](=O)[O-])cc3)n2)cc1. The molecule has 0 aliphatic rings. The topological polar surface area (TPSA) is 120 Å². The van der Waals surface area contributed by atoms with Crippen molar-refractivity contribution >= 4 is 11.6 Å². The lowest BCUT2D eigenvalue weighted by Crippen LogP contribution is -2.27. The van der Waals surface area contributed by atoms with Gasteiger partial charge >= 0.3 is 0 Å². The zero-order chi connectivity index (χ0) is 19.9. The van der Waals surface area contributed by atoms with Gasteiger partial charge in [0.1, 0.15) is 12.2 Å². The number of aromatic nitrogens is 2. The summed E-state index contributed by atoms with van der Waals surface area (Å²) < 4.78 is 10.2. The molecule has 0 unspecified atom stereocenters.